The highest BCUT2D eigenvalue weighted by atomic mass is 35.5. The Balaban J connectivity index is 1.79. The number of hydrogen-bond donors (Lipinski definition) is 2. The van der Waals surface area contributed by atoms with Crippen molar-refractivity contribution >= 4 is 27.4 Å². The molecule has 2 aromatic carbocycles. The summed E-state index contributed by atoms with van der Waals surface area (Å²) < 4.78 is 28.6. The van der Waals surface area contributed by atoms with Gasteiger partial charge in [-0.05, 0) is 49.2 Å². The first-order valence-electron chi connectivity index (χ1n) is 9.08. The van der Waals surface area contributed by atoms with Gasteiger partial charge in [0, 0.05) is 24.4 Å². The second-order valence-electron chi connectivity index (χ2n) is 6.16. The molecule has 0 atom stereocenters. The molecular formula is C20H26ClN3O3S. The zero-order valence-corrected chi connectivity index (χ0v) is 17.7. The lowest BCUT2D eigenvalue weighted by atomic mass is 10.1. The fraction of sp³-hybridized carbons (Fsp3) is 0.350. The van der Waals surface area contributed by atoms with Crippen LogP contribution in [0.4, 0.5) is 0 Å². The van der Waals surface area contributed by atoms with Gasteiger partial charge in [-0.3, -0.25) is 4.99 Å². The Hall–Kier alpha value is -2.25. The minimum absolute atomic E-state index is 0.328. The predicted octanol–water partition coefficient (Wildman–Crippen LogP) is 2.92. The highest BCUT2D eigenvalue weighted by Gasteiger charge is 2.06. The molecule has 0 aliphatic heterocycles. The van der Waals surface area contributed by atoms with Crippen molar-refractivity contribution in [1.29, 1.82) is 0 Å². The highest BCUT2D eigenvalue weighted by molar-refractivity contribution is 7.90. The molecule has 2 aromatic rings. The molecule has 0 aliphatic rings. The Kier molecular flexibility index (Phi) is 8.60. The predicted molar refractivity (Wildman–Crippen MR) is 114 cm³/mol. The van der Waals surface area contributed by atoms with Crippen molar-refractivity contribution in [3.8, 4) is 5.75 Å². The summed E-state index contributed by atoms with van der Waals surface area (Å²) in [6, 6.07) is 14.2. The average molecular weight is 424 g/mol. The van der Waals surface area contributed by atoms with Gasteiger partial charge in [0.2, 0.25) is 0 Å². The van der Waals surface area contributed by atoms with Gasteiger partial charge in [-0.1, -0.05) is 29.8 Å². The lowest BCUT2D eigenvalue weighted by Gasteiger charge is -2.12. The van der Waals surface area contributed by atoms with E-state index in [-0.39, 0.29) is 0 Å². The van der Waals surface area contributed by atoms with Crippen LogP contribution in [-0.2, 0) is 16.3 Å². The molecule has 0 amide bonds. The van der Waals surface area contributed by atoms with Crippen LogP contribution in [0.25, 0.3) is 0 Å². The van der Waals surface area contributed by atoms with E-state index in [1.807, 2.05) is 31.2 Å². The number of halogens is 1. The largest absolute Gasteiger partial charge is 0.492 e. The normalized spacial score (nSPS) is 11.9. The number of nitrogens with zero attached hydrogens (tertiary/aromatic N) is 1. The standard InChI is InChI=1S/C20H26ClN3O3S/c1-3-22-20(24-13-14-27-18-6-4-5-17(21)15-18)23-12-11-16-7-9-19(10-8-16)28(2,25)26/h4-10,15H,3,11-14H2,1-2H3,(H2,22,23,24). The van der Waals surface area contributed by atoms with Gasteiger partial charge in [-0.15, -0.1) is 0 Å². The molecule has 152 valence electrons. The summed E-state index contributed by atoms with van der Waals surface area (Å²) in [6.07, 6.45) is 1.93. The molecule has 2 rings (SSSR count). The number of aliphatic imine (C=N–C) groups is 1. The van der Waals surface area contributed by atoms with Crippen molar-refractivity contribution in [1.82, 2.24) is 10.6 Å². The first-order valence-corrected chi connectivity index (χ1v) is 11.3. The summed E-state index contributed by atoms with van der Waals surface area (Å²) in [6.45, 7) is 4.43. The van der Waals surface area contributed by atoms with E-state index in [2.05, 4.69) is 15.6 Å². The van der Waals surface area contributed by atoms with Gasteiger partial charge in [-0.2, -0.15) is 0 Å². The third kappa shape index (κ3) is 7.78. The quantitative estimate of drug-likeness (QED) is 0.368. The summed E-state index contributed by atoms with van der Waals surface area (Å²) in [5, 5.41) is 7.05. The Morgan fingerprint density at radius 3 is 2.54 bits per heavy atom. The summed E-state index contributed by atoms with van der Waals surface area (Å²) in [5.74, 6) is 1.44. The van der Waals surface area contributed by atoms with Gasteiger partial charge in [0.15, 0.2) is 15.8 Å². The number of guanidine groups is 1. The third-order valence-corrected chi connectivity index (χ3v) is 5.19. The first kappa shape index (κ1) is 22.0. The molecule has 0 radical (unpaired) electrons. The fourth-order valence-corrected chi connectivity index (χ4v) is 3.25. The molecule has 0 heterocycles. The average Bonchev–Trinajstić information content (AvgIpc) is 2.65. The van der Waals surface area contributed by atoms with Crippen LogP contribution < -0.4 is 15.4 Å². The van der Waals surface area contributed by atoms with E-state index in [4.69, 9.17) is 16.3 Å². The Morgan fingerprint density at radius 1 is 1.14 bits per heavy atom. The summed E-state index contributed by atoms with van der Waals surface area (Å²) in [4.78, 5) is 4.87. The van der Waals surface area contributed by atoms with E-state index in [1.165, 1.54) is 6.26 Å². The van der Waals surface area contributed by atoms with Gasteiger partial charge in [-0.25, -0.2) is 8.42 Å². The maximum absolute atomic E-state index is 11.5. The second kappa shape index (κ2) is 10.9. The number of rotatable bonds is 9. The van der Waals surface area contributed by atoms with Crippen molar-refractivity contribution in [2.45, 2.75) is 18.2 Å². The Labute approximate surface area is 171 Å². The van der Waals surface area contributed by atoms with E-state index in [0.29, 0.717) is 35.6 Å². The zero-order valence-electron chi connectivity index (χ0n) is 16.1. The van der Waals surface area contributed by atoms with Crippen molar-refractivity contribution < 1.29 is 13.2 Å². The van der Waals surface area contributed by atoms with Crippen molar-refractivity contribution in [2.75, 3.05) is 32.5 Å². The molecule has 0 fully saturated rings. The van der Waals surface area contributed by atoms with E-state index in [0.717, 1.165) is 24.3 Å². The van der Waals surface area contributed by atoms with Crippen LogP contribution in [-0.4, -0.2) is 46.9 Å². The van der Waals surface area contributed by atoms with Gasteiger partial charge in [0.25, 0.3) is 0 Å². The summed E-state index contributed by atoms with van der Waals surface area (Å²) >= 11 is 5.93. The van der Waals surface area contributed by atoms with Crippen molar-refractivity contribution in [2.24, 2.45) is 4.99 Å². The number of hydrogen-bond acceptors (Lipinski definition) is 4. The van der Waals surface area contributed by atoms with Gasteiger partial charge in [0.05, 0.1) is 11.4 Å². The summed E-state index contributed by atoms with van der Waals surface area (Å²) in [7, 11) is -3.16. The van der Waals surface area contributed by atoms with Crippen LogP contribution in [0.3, 0.4) is 0 Å². The van der Waals surface area contributed by atoms with Crippen LogP contribution >= 0.6 is 11.6 Å². The highest BCUT2D eigenvalue weighted by Crippen LogP contribution is 2.16. The topological polar surface area (TPSA) is 79.8 Å². The van der Waals surface area contributed by atoms with E-state index < -0.39 is 9.84 Å². The molecule has 0 aliphatic carbocycles. The molecule has 2 N–H and O–H groups in total. The lowest BCUT2D eigenvalue weighted by Crippen LogP contribution is -2.39. The zero-order chi connectivity index (χ0) is 20.4. The maximum Gasteiger partial charge on any atom is 0.191 e. The van der Waals surface area contributed by atoms with Crippen molar-refractivity contribution in [3.63, 3.8) is 0 Å². The van der Waals surface area contributed by atoms with Gasteiger partial charge in [0.1, 0.15) is 12.4 Å². The Bertz CT molecular complexity index is 884. The van der Waals surface area contributed by atoms with Crippen molar-refractivity contribution in [3.05, 3.63) is 59.1 Å². The number of benzene rings is 2. The van der Waals surface area contributed by atoms with Crippen LogP contribution in [0.5, 0.6) is 5.75 Å². The van der Waals surface area contributed by atoms with Crippen LogP contribution in [0.1, 0.15) is 12.5 Å². The van der Waals surface area contributed by atoms with E-state index in [1.54, 1.807) is 24.3 Å². The minimum atomic E-state index is -3.16. The first-order chi connectivity index (χ1) is 13.4. The maximum atomic E-state index is 11.5. The third-order valence-electron chi connectivity index (χ3n) is 3.83. The number of sulfone groups is 1. The molecule has 0 saturated carbocycles. The second-order valence-corrected chi connectivity index (χ2v) is 8.61. The number of ether oxygens (including phenoxy) is 1. The van der Waals surface area contributed by atoms with E-state index >= 15 is 0 Å². The Morgan fingerprint density at radius 2 is 1.89 bits per heavy atom. The molecular weight excluding hydrogens is 398 g/mol. The molecule has 28 heavy (non-hydrogen) atoms. The minimum Gasteiger partial charge on any atom is -0.492 e. The lowest BCUT2D eigenvalue weighted by molar-refractivity contribution is 0.322. The van der Waals surface area contributed by atoms with Gasteiger partial charge >= 0.3 is 0 Å². The molecule has 0 aromatic heterocycles. The SMILES string of the molecule is CCNC(=NCCc1ccc(S(C)(=O)=O)cc1)NCCOc1cccc(Cl)c1. The van der Waals surface area contributed by atoms with Crippen LogP contribution in [0.2, 0.25) is 5.02 Å². The number of nitrogens with one attached hydrogen (secondary N) is 2. The fourth-order valence-electron chi connectivity index (χ4n) is 2.44. The smallest absolute Gasteiger partial charge is 0.191 e. The van der Waals surface area contributed by atoms with E-state index in [9.17, 15) is 8.42 Å². The molecule has 0 unspecified atom stereocenters. The van der Waals surface area contributed by atoms with Crippen LogP contribution in [0, 0.1) is 0 Å². The molecule has 0 spiro atoms. The monoisotopic (exact) mass is 423 g/mol. The molecule has 8 heteroatoms. The summed E-state index contributed by atoms with van der Waals surface area (Å²) in [5.41, 5.74) is 1.04. The molecule has 6 nitrogen and oxygen atoms in total. The molecule has 0 bridgehead atoms. The van der Waals surface area contributed by atoms with Gasteiger partial charge < -0.3 is 15.4 Å². The molecule has 0 saturated heterocycles. The van der Waals surface area contributed by atoms with Crippen LogP contribution in [0.15, 0.2) is 58.4 Å².